The largest absolute Gasteiger partial charge is 0.497 e. The van der Waals surface area contributed by atoms with Crippen molar-refractivity contribution in [1.29, 1.82) is 0 Å². The number of urea groups is 1. The van der Waals surface area contributed by atoms with Crippen LogP contribution in [-0.4, -0.2) is 26.8 Å². The number of fused-ring (bicyclic) bond motifs is 1. The maximum atomic E-state index is 12.6. The Morgan fingerprint density at radius 1 is 1.03 bits per heavy atom. The van der Waals surface area contributed by atoms with Crippen LogP contribution < -0.4 is 31.0 Å². The summed E-state index contributed by atoms with van der Waals surface area (Å²) in [7, 11) is 3.02. The molecule has 0 bridgehead atoms. The van der Waals surface area contributed by atoms with E-state index >= 15 is 0 Å². The quantitative estimate of drug-likeness (QED) is 0.515. The van der Waals surface area contributed by atoms with Crippen LogP contribution in [0.1, 0.15) is 13.3 Å². The summed E-state index contributed by atoms with van der Waals surface area (Å²) in [4.78, 5) is 25.2. The van der Waals surface area contributed by atoms with Gasteiger partial charge in [-0.1, -0.05) is 19.1 Å². The van der Waals surface area contributed by atoms with Gasteiger partial charge in [-0.25, -0.2) is 9.59 Å². The number of hydrogen-bond donors (Lipinski definition) is 3. The fourth-order valence-corrected chi connectivity index (χ4v) is 2.88. The number of rotatable bonds is 7. The maximum Gasteiger partial charge on any atom is 0.362 e. The number of ether oxygens (including phenoxy) is 2. The monoisotopic (exact) mass is 397 g/mol. The van der Waals surface area contributed by atoms with E-state index in [1.54, 1.807) is 30.3 Å². The molecule has 29 heavy (non-hydrogen) atoms. The van der Waals surface area contributed by atoms with Crippen molar-refractivity contribution in [3.05, 3.63) is 52.9 Å². The zero-order valence-corrected chi connectivity index (χ0v) is 16.5. The Balaban J connectivity index is 1.94. The fraction of sp³-hybridized carbons (Fsp3) is 0.238. The Kier molecular flexibility index (Phi) is 6.23. The second-order valence-electron chi connectivity index (χ2n) is 6.21. The molecule has 3 rings (SSSR count). The molecule has 1 heterocycles. The normalized spacial score (nSPS) is 10.4. The molecule has 0 fully saturated rings. The van der Waals surface area contributed by atoms with E-state index in [9.17, 15) is 9.59 Å². The summed E-state index contributed by atoms with van der Waals surface area (Å²) in [5.41, 5.74) is 0.757. The molecular formula is C21H23N3O5. The summed E-state index contributed by atoms with van der Waals surface area (Å²) in [5, 5.41) is 9.19. The smallest absolute Gasteiger partial charge is 0.362 e. The number of nitrogens with one attached hydrogen (secondary N) is 3. The first-order chi connectivity index (χ1) is 14.1. The highest BCUT2D eigenvalue weighted by atomic mass is 16.5. The summed E-state index contributed by atoms with van der Waals surface area (Å²) >= 11 is 0. The third kappa shape index (κ3) is 4.43. The average Bonchev–Trinajstić information content (AvgIpc) is 2.73. The van der Waals surface area contributed by atoms with Gasteiger partial charge in [0.15, 0.2) is 5.69 Å². The van der Waals surface area contributed by atoms with Gasteiger partial charge in [0.05, 0.1) is 25.6 Å². The molecule has 0 aliphatic heterocycles. The third-order valence-electron chi connectivity index (χ3n) is 4.26. The van der Waals surface area contributed by atoms with E-state index in [0.717, 1.165) is 6.42 Å². The van der Waals surface area contributed by atoms with Crippen molar-refractivity contribution in [2.24, 2.45) is 0 Å². The second kappa shape index (κ2) is 9.01. The Hall–Kier alpha value is -3.68. The molecule has 0 unspecified atom stereocenters. The fourth-order valence-electron chi connectivity index (χ4n) is 2.88. The molecule has 2 amide bonds. The van der Waals surface area contributed by atoms with Crippen LogP contribution in [0.5, 0.6) is 11.5 Å². The van der Waals surface area contributed by atoms with E-state index in [2.05, 4.69) is 16.0 Å². The first-order valence-electron chi connectivity index (χ1n) is 9.17. The van der Waals surface area contributed by atoms with Crippen LogP contribution in [0.2, 0.25) is 0 Å². The molecule has 0 aliphatic carbocycles. The third-order valence-corrected chi connectivity index (χ3v) is 4.26. The van der Waals surface area contributed by atoms with Crippen LogP contribution in [0.4, 0.5) is 21.9 Å². The topological polar surface area (TPSA) is 102 Å². The number of methoxy groups -OCH3 is 2. The minimum absolute atomic E-state index is 0.0384. The van der Waals surface area contributed by atoms with Crippen LogP contribution in [-0.2, 0) is 0 Å². The van der Waals surface area contributed by atoms with E-state index in [1.807, 2.05) is 19.1 Å². The molecule has 0 saturated heterocycles. The van der Waals surface area contributed by atoms with Gasteiger partial charge in [0.1, 0.15) is 17.1 Å². The molecule has 8 heteroatoms. The average molecular weight is 397 g/mol. The standard InChI is InChI=1S/C21H23N3O5/c1-4-11-22-18-14-7-5-6-8-16(14)29-20(25)19(18)24-21(26)23-15-12-13(27-2)9-10-17(15)28-3/h5-10,12,22H,4,11H2,1-3H3,(H2,23,24,26). The number of benzene rings is 2. The molecular weight excluding hydrogens is 374 g/mol. The van der Waals surface area contributed by atoms with Gasteiger partial charge in [0.25, 0.3) is 0 Å². The summed E-state index contributed by atoms with van der Waals surface area (Å²) in [6.07, 6.45) is 0.848. The molecule has 2 aromatic carbocycles. The van der Waals surface area contributed by atoms with Crippen molar-refractivity contribution < 1.29 is 18.7 Å². The molecule has 8 nitrogen and oxygen atoms in total. The highest BCUT2D eigenvalue weighted by molar-refractivity contribution is 6.06. The lowest BCUT2D eigenvalue weighted by atomic mass is 10.2. The molecule has 152 valence electrons. The van der Waals surface area contributed by atoms with E-state index in [0.29, 0.717) is 40.4 Å². The zero-order valence-electron chi connectivity index (χ0n) is 16.5. The van der Waals surface area contributed by atoms with Gasteiger partial charge in [-0.3, -0.25) is 5.32 Å². The predicted octanol–water partition coefficient (Wildman–Crippen LogP) is 4.28. The van der Waals surface area contributed by atoms with Crippen molar-refractivity contribution in [3.8, 4) is 11.5 Å². The van der Waals surface area contributed by atoms with Gasteiger partial charge in [-0.2, -0.15) is 0 Å². The van der Waals surface area contributed by atoms with Gasteiger partial charge in [-0.15, -0.1) is 0 Å². The van der Waals surface area contributed by atoms with E-state index in [-0.39, 0.29) is 5.69 Å². The minimum atomic E-state index is -0.643. The number of para-hydroxylation sites is 1. The van der Waals surface area contributed by atoms with E-state index in [4.69, 9.17) is 13.9 Å². The molecule has 0 aliphatic rings. The lowest BCUT2D eigenvalue weighted by Crippen LogP contribution is -2.25. The molecule has 1 aromatic heterocycles. The van der Waals surface area contributed by atoms with Crippen LogP contribution in [0.25, 0.3) is 11.0 Å². The highest BCUT2D eigenvalue weighted by Crippen LogP contribution is 2.31. The molecule has 3 aromatic rings. The summed E-state index contributed by atoms with van der Waals surface area (Å²) < 4.78 is 15.8. The number of carbonyl (C=O) groups excluding carboxylic acids is 1. The lowest BCUT2D eigenvalue weighted by molar-refractivity contribution is 0.262. The number of amides is 2. The highest BCUT2D eigenvalue weighted by Gasteiger charge is 2.17. The van der Waals surface area contributed by atoms with Crippen LogP contribution >= 0.6 is 0 Å². The van der Waals surface area contributed by atoms with Crippen molar-refractivity contribution in [2.45, 2.75) is 13.3 Å². The molecule has 0 radical (unpaired) electrons. The zero-order chi connectivity index (χ0) is 20.8. The SMILES string of the molecule is CCCNc1c(NC(=O)Nc2cc(OC)ccc2OC)c(=O)oc2ccccc12. The van der Waals surface area contributed by atoms with E-state index in [1.165, 1.54) is 14.2 Å². The summed E-state index contributed by atoms with van der Waals surface area (Å²) in [6.45, 7) is 2.64. The molecule has 0 spiro atoms. The van der Waals surface area contributed by atoms with Crippen molar-refractivity contribution in [2.75, 3.05) is 36.7 Å². The van der Waals surface area contributed by atoms with E-state index < -0.39 is 11.7 Å². The van der Waals surface area contributed by atoms with Crippen LogP contribution in [0.15, 0.2) is 51.7 Å². The first-order valence-corrected chi connectivity index (χ1v) is 9.17. The Morgan fingerprint density at radius 2 is 1.83 bits per heavy atom. The minimum Gasteiger partial charge on any atom is -0.497 e. The Bertz CT molecular complexity index is 1080. The van der Waals surface area contributed by atoms with Crippen LogP contribution in [0.3, 0.4) is 0 Å². The maximum absolute atomic E-state index is 12.6. The van der Waals surface area contributed by atoms with Gasteiger partial charge in [0.2, 0.25) is 0 Å². The number of carbonyl (C=O) groups is 1. The van der Waals surface area contributed by atoms with Gasteiger partial charge >= 0.3 is 11.7 Å². The summed E-state index contributed by atoms with van der Waals surface area (Å²) in [5.74, 6) is 1.01. The van der Waals surface area contributed by atoms with Crippen molar-refractivity contribution >= 4 is 34.1 Å². The molecule has 0 saturated carbocycles. The van der Waals surface area contributed by atoms with Crippen molar-refractivity contribution in [1.82, 2.24) is 0 Å². The molecule has 3 N–H and O–H groups in total. The van der Waals surface area contributed by atoms with Gasteiger partial charge < -0.3 is 24.5 Å². The predicted molar refractivity (Wildman–Crippen MR) is 113 cm³/mol. The van der Waals surface area contributed by atoms with Gasteiger partial charge in [-0.05, 0) is 30.7 Å². The van der Waals surface area contributed by atoms with Crippen LogP contribution in [0, 0.1) is 0 Å². The molecule has 0 atom stereocenters. The number of hydrogen-bond acceptors (Lipinski definition) is 6. The Labute approximate surface area is 167 Å². The first kappa shape index (κ1) is 20.1. The lowest BCUT2D eigenvalue weighted by Gasteiger charge is -2.15. The van der Waals surface area contributed by atoms with Gasteiger partial charge in [0, 0.05) is 18.0 Å². The summed E-state index contributed by atoms with van der Waals surface area (Å²) in [6, 6.07) is 11.5. The Morgan fingerprint density at radius 3 is 2.55 bits per heavy atom. The number of anilines is 3. The second-order valence-corrected chi connectivity index (χ2v) is 6.21. The van der Waals surface area contributed by atoms with Crippen molar-refractivity contribution in [3.63, 3.8) is 0 Å².